The number of aliphatic hydroxyl groups excluding tert-OH is 1. The maximum absolute atomic E-state index is 11.7. The van der Waals surface area contributed by atoms with Gasteiger partial charge in [0.25, 0.3) is 8.32 Å². The van der Waals surface area contributed by atoms with E-state index in [1.165, 1.54) is 21.3 Å². The molecular formula is C15H32N2O8Si2. The third-order valence-electron chi connectivity index (χ3n) is 3.87. The Balaban J connectivity index is 3.87. The van der Waals surface area contributed by atoms with E-state index >= 15 is 0 Å². The molecule has 12 heteroatoms. The second kappa shape index (κ2) is 13.9. The fourth-order valence-corrected chi connectivity index (χ4v) is 4.65. The Labute approximate surface area is 162 Å². The molecule has 0 radical (unpaired) electrons. The summed E-state index contributed by atoms with van der Waals surface area (Å²) in [6, 6.07) is 0.555. The van der Waals surface area contributed by atoms with Crippen LogP contribution in [0.3, 0.4) is 0 Å². The van der Waals surface area contributed by atoms with E-state index < -0.39 is 17.1 Å². The van der Waals surface area contributed by atoms with Gasteiger partial charge in [0.1, 0.15) is 12.3 Å². The molecule has 0 bridgehead atoms. The molecule has 0 saturated carbocycles. The zero-order chi connectivity index (χ0) is 20.8. The maximum atomic E-state index is 11.7. The number of hydrogen-bond acceptors (Lipinski definition) is 8. The van der Waals surface area contributed by atoms with Crippen molar-refractivity contribution in [1.82, 2.24) is 10.6 Å². The molecule has 0 rings (SSSR count). The molecule has 1 atom stereocenters. The summed E-state index contributed by atoms with van der Waals surface area (Å²) in [7, 11) is -0.731. The van der Waals surface area contributed by atoms with Gasteiger partial charge in [-0.25, -0.2) is 0 Å². The van der Waals surface area contributed by atoms with Gasteiger partial charge in [0.2, 0.25) is 11.8 Å². The quantitative estimate of drug-likeness (QED) is 0.126. The van der Waals surface area contributed by atoms with E-state index in [4.69, 9.17) is 22.8 Å². The summed E-state index contributed by atoms with van der Waals surface area (Å²) in [6.07, 6.45) is 0.559. The molecule has 10 nitrogen and oxygen atoms in total. The van der Waals surface area contributed by atoms with Crippen LogP contribution in [0.5, 0.6) is 0 Å². The molecule has 0 saturated heterocycles. The van der Waals surface area contributed by atoms with Crippen LogP contribution in [0.2, 0.25) is 12.6 Å². The van der Waals surface area contributed by atoms with E-state index in [0.29, 0.717) is 37.9 Å². The van der Waals surface area contributed by atoms with E-state index in [9.17, 15) is 14.4 Å². The first-order valence-corrected chi connectivity index (χ1v) is 13.3. The van der Waals surface area contributed by atoms with Crippen molar-refractivity contribution in [3.8, 4) is 0 Å². The van der Waals surface area contributed by atoms with Gasteiger partial charge in [-0.1, -0.05) is 0 Å². The zero-order valence-corrected chi connectivity index (χ0v) is 18.5. The molecule has 0 aromatic rings. The Morgan fingerprint density at radius 3 is 1.96 bits per heavy atom. The monoisotopic (exact) mass is 424 g/mol. The first-order valence-electron chi connectivity index (χ1n) is 8.70. The number of rotatable bonds is 16. The third kappa shape index (κ3) is 10.7. The lowest BCUT2D eigenvalue weighted by atomic mass is 10.3. The zero-order valence-electron chi connectivity index (χ0n) is 16.5. The van der Waals surface area contributed by atoms with Gasteiger partial charge >= 0.3 is 8.80 Å². The fraction of sp³-hybridized carbons (Fsp3) is 0.800. The highest BCUT2D eigenvalue weighted by molar-refractivity contribution is 6.95. The SMILES string of the molecule is CO[Si](CCCNC(=O)CC(=O)NCCCO[Si](C)(C=O)CO)(OC)OC. The van der Waals surface area contributed by atoms with Crippen molar-refractivity contribution in [2.45, 2.75) is 31.9 Å². The summed E-state index contributed by atoms with van der Waals surface area (Å²) in [5.74, 6) is -0.0853. The first-order chi connectivity index (χ1) is 12.8. The fourth-order valence-electron chi connectivity index (χ4n) is 2.08. The molecule has 0 aromatic carbocycles. The Hall–Kier alpha value is -1.16. The average molecular weight is 425 g/mol. The molecule has 3 N–H and O–H groups in total. The van der Waals surface area contributed by atoms with Crippen LogP contribution >= 0.6 is 0 Å². The van der Waals surface area contributed by atoms with Crippen molar-refractivity contribution < 1.29 is 37.2 Å². The van der Waals surface area contributed by atoms with Crippen LogP contribution in [-0.4, -0.2) is 87.2 Å². The minimum atomic E-state index is -2.67. The molecule has 0 aliphatic rings. The van der Waals surface area contributed by atoms with E-state index in [1.54, 1.807) is 6.55 Å². The van der Waals surface area contributed by atoms with Crippen LogP contribution in [0.1, 0.15) is 19.3 Å². The largest absolute Gasteiger partial charge is 0.500 e. The molecule has 0 spiro atoms. The molecule has 0 aliphatic carbocycles. The van der Waals surface area contributed by atoms with Gasteiger partial charge in [-0.3, -0.25) is 9.59 Å². The van der Waals surface area contributed by atoms with Crippen molar-refractivity contribution in [2.24, 2.45) is 0 Å². The van der Waals surface area contributed by atoms with Gasteiger partial charge in [0.15, 0.2) is 0 Å². The summed E-state index contributed by atoms with van der Waals surface area (Å²) in [4.78, 5) is 34.3. The molecule has 1 unspecified atom stereocenters. The van der Waals surface area contributed by atoms with E-state index in [-0.39, 0.29) is 31.1 Å². The van der Waals surface area contributed by atoms with Crippen molar-refractivity contribution in [3.05, 3.63) is 0 Å². The minimum absolute atomic E-state index is 0.263. The smallest absolute Gasteiger partial charge is 0.408 e. The lowest BCUT2D eigenvalue weighted by molar-refractivity contribution is -0.129. The van der Waals surface area contributed by atoms with Crippen molar-refractivity contribution in [3.63, 3.8) is 0 Å². The second-order valence-electron chi connectivity index (χ2n) is 6.07. The van der Waals surface area contributed by atoms with Gasteiger partial charge in [0.05, 0.1) is 6.23 Å². The highest BCUT2D eigenvalue weighted by Gasteiger charge is 2.36. The summed E-state index contributed by atoms with van der Waals surface area (Å²) in [5.41, 5.74) is 0. The first kappa shape index (κ1) is 25.8. The Morgan fingerprint density at radius 2 is 1.52 bits per heavy atom. The van der Waals surface area contributed by atoms with Crippen LogP contribution in [0.25, 0.3) is 0 Å². The van der Waals surface area contributed by atoms with Gasteiger partial charge < -0.3 is 38.2 Å². The third-order valence-corrected chi connectivity index (χ3v) is 8.70. The molecule has 27 heavy (non-hydrogen) atoms. The van der Waals surface area contributed by atoms with Crippen molar-refractivity contribution in [2.75, 3.05) is 47.3 Å². The predicted octanol–water partition coefficient (Wildman–Crippen LogP) is -0.837. The summed E-state index contributed by atoms with van der Waals surface area (Å²) in [6.45, 7) is 2.59. The normalized spacial score (nSPS) is 13.7. The lowest BCUT2D eigenvalue weighted by Crippen LogP contribution is -2.43. The number of carbonyl (C=O) groups is 3. The lowest BCUT2D eigenvalue weighted by Gasteiger charge is -2.24. The van der Waals surface area contributed by atoms with E-state index in [1.807, 2.05) is 0 Å². The molecule has 0 heterocycles. The molecule has 0 fully saturated rings. The van der Waals surface area contributed by atoms with Crippen LogP contribution in [0, 0.1) is 0 Å². The number of nitrogens with one attached hydrogen (secondary N) is 2. The highest BCUT2D eigenvalue weighted by atomic mass is 28.4. The number of aliphatic hydroxyl groups is 1. The van der Waals surface area contributed by atoms with Crippen molar-refractivity contribution in [1.29, 1.82) is 0 Å². The molecule has 158 valence electrons. The summed E-state index contributed by atoms with van der Waals surface area (Å²) in [5, 5.41) is 14.4. The topological polar surface area (TPSA) is 132 Å². The van der Waals surface area contributed by atoms with E-state index in [2.05, 4.69) is 10.6 Å². The minimum Gasteiger partial charge on any atom is -0.408 e. The van der Waals surface area contributed by atoms with Crippen LogP contribution in [0.15, 0.2) is 0 Å². The van der Waals surface area contributed by atoms with Crippen LogP contribution in [0.4, 0.5) is 0 Å². The average Bonchev–Trinajstić information content (AvgIpc) is 2.68. The molecular weight excluding hydrogens is 392 g/mol. The van der Waals surface area contributed by atoms with Gasteiger partial charge in [-0.05, 0) is 19.4 Å². The maximum Gasteiger partial charge on any atom is 0.500 e. The molecule has 2 amide bonds. The van der Waals surface area contributed by atoms with Crippen LogP contribution in [-0.2, 0) is 32.1 Å². The summed E-state index contributed by atoms with van der Waals surface area (Å²) >= 11 is 0. The van der Waals surface area contributed by atoms with Gasteiger partial charge in [0, 0.05) is 47.1 Å². The number of amides is 2. The van der Waals surface area contributed by atoms with Gasteiger partial charge in [-0.2, -0.15) is 0 Å². The van der Waals surface area contributed by atoms with Gasteiger partial charge in [-0.15, -0.1) is 0 Å². The van der Waals surface area contributed by atoms with Crippen molar-refractivity contribution >= 4 is 34.8 Å². The van der Waals surface area contributed by atoms with E-state index in [0.717, 1.165) is 0 Å². The summed E-state index contributed by atoms with van der Waals surface area (Å²) < 4.78 is 21.2. The number of carbonyl (C=O) groups excluding carboxylic acids is 3. The Morgan fingerprint density at radius 1 is 1.00 bits per heavy atom. The Bertz CT molecular complexity index is 457. The second-order valence-corrected chi connectivity index (χ2v) is 12.6. The number of hydrogen-bond donors (Lipinski definition) is 3. The molecule has 0 aromatic heterocycles. The van der Waals surface area contributed by atoms with Crippen LogP contribution < -0.4 is 10.6 Å². The Kier molecular flexibility index (Phi) is 13.3. The highest BCUT2D eigenvalue weighted by Crippen LogP contribution is 2.14. The standard InChI is InChI=1S/C15H32N2O8Si2/c1-22-27(23-2,24-3)10-6-8-17-15(21)11-14(20)16-7-5-9-25-26(4,12-18)13-19/h12,19H,5-11,13H2,1-4H3,(H,16,20)(H,17,21). The predicted molar refractivity (Wildman–Crippen MR) is 103 cm³/mol. The molecule has 0 aliphatic heterocycles.